The topological polar surface area (TPSA) is 69.7 Å². The number of likely N-dealkylation sites (tertiary alicyclic amines) is 1. The molecule has 1 unspecified atom stereocenters. The van der Waals surface area contributed by atoms with Crippen LogP contribution in [0.1, 0.15) is 31.7 Å². The number of carbonyl (C=O) groups excluding carboxylic acids is 3. The molecule has 3 rings (SSSR count). The van der Waals surface area contributed by atoms with E-state index in [0.29, 0.717) is 25.9 Å². The smallest absolute Gasteiger partial charge is 0.316 e. The lowest BCUT2D eigenvalue weighted by Crippen LogP contribution is -2.46. The maximum atomic E-state index is 12.5. The van der Waals surface area contributed by atoms with E-state index < -0.39 is 11.8 Å². The van der Waals surface area contributed by atoms with E-state index in [9.17, 15) is 14.4 Å². The van der Waals surface area contributed by atoms with Gasteiger partial charge in [-0.15, -0.1) is 0 Å². The lowest BCUT2D eigenvalue weighted by Gasteiger charge is -2.22. The van der Waals surface area contributed by atoms with Crippen LogP contribution >= 0.6 is 0 Å². The highest BCUT2D eigenvalue weighted by Gasteiger charge is 2.33. The number of nitrogens with zero attached hydrogens (tertiary/aromatic N) is 2. The van der Waals surface area contributed by atoms with Crippen LogP contribution in [0.25, 0.3) is 0 Å². The molecular weight excluding hydrogens is 306 g/mol. The van der Waals surface area contributed by atoms with Gasteiger partial charge >= 0.3 is 11.8 Å². The van der Waals surface area contributed by atoms with Crippen LogP contribution in [-0.4, -0.2) is 48.3 Å². The molecule has 128 valence electrons. The normalized spacial score (nSPS) is 19.5. The van der Waals surface area contributed by atoms with Gasteiger partial charge < -0.3 is 15.1 Å². The number of fused-ring (bicyclic) bond motifs is 1. The minimum Gasteiger partial charge on any atom is -0.348 e. The molecule has 6 heteroatoms. The van der Waals surface area contributed by atoms with Crippen molar-refractivity contribution < 1.29 is 14.4 Å². The first-order chi connectivity index (χ1) is 11.6. The minimum absolute atomic E-state index is 0.0112. The van der Waals surface area contributed by atoms with Crippen molar-refractivity contribution >= 4 is 23.4 Å². The maximum absolute atomic E-state index is 12.5. The van der Waals surface area contributed by atoms with Gasteiger partial charge in [0.15, 0.2) is 0 Å². The van der Waals surface area contributed by atoms with Gasteiger partial charge in [0, 0.05) is 37.8 Å². The average molecular weight is 329 g/mol. The van der Waals surface area contributed by atoms with Gasteiger partial charge in [0.1, 0.15) is 0 Å². The number of hydrogen-bond donors (Lipinski definition) is 1. The predicted molar refractivity (Wildman–Crippen MR) is 90.5 cm³/mol. The molecule has 6 nitrogen and oxygen atoms in total. The van der Waals surface area contributed by atoms with E-state index in [0.717, 1.165) is 30.6 Å². The predicted octanol–water partition coefficient (Wildman–Crippen LogP) is 1.09. The number of nitrogens with one attached hydrogen (secondary N) is 1. The number of hydrogen-bond acceptors (Lipinski definition) is 3. The highest BCUT2D eigenvalue weighted by molar-refractivity contribution is 6.40. The molecular formula is C18H23N3O3. The lowest BCUT2D eigenvalue weighted by molar-refractivity contribution is -0.137. The lowest BCUT2D eigenvalue weighted by atomic mass is 10.1. The second kappa shape index (κ2) is 7.03. The summed E-state index contributed by atoms with van der Waals surface area (Å²) < 4.78 is 0. The van der Waals surface area contributed by atoms with Crippen molar-refractivity contribution in [3.63, 3.8) is 0 Å². The molecule has 2 aliphatic rings. The van der Waals surface area contributed by atoms with Crippen molar-refractivity contribution in [2.75, 3.05) is 24.5 Å². The third-order valence-corrected chi connectivity index (χ3v) is 4.68. The summed E-state index contributed by atoms with van der Waals surface area (Å²) in [7, 11) is 0. The molecule has 2 aliphatic heterocycles. The van der Waals surface area contributed by atoms with E-state index in [4.69, 9.17) is 0 Å². The van der Waals surface area contributed by atoms with E-state index in [-0.39, 0.29) is 11.9 Å². The van der Waals surface area contributed by atoms with Gasteiger partial charge in [0.25, 0.3) is 0 Å². The summed E-state index contributed by atoms with van der Waals surface area (Å²) in [4.78, 5) is 39.5. The summed E-state index contributed by atoms with van der Waals surface area (Å²) in [6.07, 6.45) is 2.97. The largest absolute Gasteiger partial charge is 0.348 e. The molecule has 24 heavy (non-hydrogen) atoms. The van der Waals surface area contributed by atoms with Crippen molar-refractivity contribution in [1.82, 2.24) is 10.2 Å². The van der Waals surface area contributed by atoms with Gasteiger partial charge in [0.2, 0.25) is 5.91 Å². The highest BCUT2D eigenvalue weighted by atomic mass is 16.2. The molecule has 0 aromatic heterocycles. The van der Waals surface area contributed by atoms with Gasteiger partial charge in [-0.05, 0) is 37.8 Å². The van der Waals surface area contributed by atoms with E-state index in [1.807, 2.05) is 36.1 Å². The van der Waals surface area contributed by atoms with E-state index in [1.54, 1.807) is 4.90 Å². The van der Waals surface area contributed by atoms with Crippen LogP contribution in [0.2, 0.25) is 0 Å². The summed E-state index contributed by atoms with van der Waals surface area (Å²) in [5, 5.41) is 2.68. The number of para-hydroxylation sites is 1. The van der Waals surface area contributed by atoms with E-state index in [2.05, 4.69) is 5.32 Å². The number of anilines is 1. The number of rotatable bonds is 4. The fourth-order valence-electron chi connectivity index (χ4n) is 3.47. The fraction of sp³-hybridized carbons (Fsp3) is 0.500. The Balaban J connectivity index is 1.50. The Morgan fingerprint density at radius 2 is 2.08 bits per heavy atom. The Kier molecular flexibility index (Phi) is 4.83. The average Bonchev–Trinajstić information content (AvgIpc) is 3.12. The van der Waals surface area contributed by atoms with Crippen LogP contribution in [0.5, 0.6) is 0 Å². The molecule has 1 aromatic carbocycles. The molecule has 2 heterocycles. The molecule has 0 saturated carbocycles. The molecule has 3 amide bonds. The molecule has 1 aromatic rings. The summed E-state index contributed by atoms with van der Waals surface area (Å²) in [6, 6.07) is 7.68. The van der Waals surface area contributed by atoms with E-state index >= 15 is 0 Å². The summed E-state index contributed by atoms with van der Waals surface area (Å²) in [5.74, 6) is -0.907. The van der Waals surface area contributed by atoms with Crippen molar-refractivity contribution in [2.45, 2.75) is 38.6 Å². The minimum atomic E-state index is -0.577. The Bertz CT molecular complexity index is 659. The highest BCUT2D eigenvalue weighted by Crippen LogP contribution is 2.31. The van der Waals surface area contributed by atoms with Crippen LogP contribution in [0, 0.1) is 0 Å². The SMILES string of the molecule is CC1Cc2ccccc2N1C(=O)C(=O)NCCCN1CCCC1=O. The standard InChI is InChI=1S/C18H23N3O3/c1-13-12-14-6-2-3-7-15(14)21(13)18(24)17(23)19-9-5-11-20-10-4-8-16(20)22/h2-3,6-7,13H,4-5,8-12H2,1H3,(H,19,23). The van der Waals surface area contributed by atoms with Gasteiger partial charge in [-0.25, -0.2) is 0 Å². The Morgan fingerprint density at radius 1 is 1.29 bits per heavy atom. The zero-order valence-corrected chi connectivity index (χ0v) is 14.0. The Labute approximate surface area is 141 Å². The van der Waals surface area contributed by atoms with Gasteiger partial charge in [0.05, 0.1) is 0 Å². The first kappa shape index (κ1) is 16.5. The molecule has 0 aliphatic carbocycles. The second-order valence-corrected chi connectivity index (χ2v) is 6.45. The van der Waals surface area contributed by atoms with Gasteiger partial charge in [-0.2, -0.15) is 0 Å². The zero-order valence-electron chi connectivity index (χ0n) is 14.0. The molecule has 1 atom stereocenters. The zero-order chi connectivity index (χ0) is 17.1. The fourth-order valence-corrected chi connectivity index (χ4v) is 3.47. The molecule has 0 spiro atoms. The van der Waals surface area contributed by atoms with Crippen LogP contribution in [0.4, 0.5) is 5.69 Å². The summed E-state index contributed by atoms with van der Waals surface area (Å²) >= 11 is 0. The number of carbonyl (C=O) groups is 3. The summed E-state index contributed by atoms with van der Waals surface area (Å²) in [6.45, 7) is 3.78. The Hall–Kier alpha value is -2.37. The van der Waals surface area contributed by atoms with Crippen molar-refractivity contribution in [2.24, 2.45) is 0 Å². The van der Waals surface area contributed by atoms with Gasteiger partial charge in [-0.1, -0.05) is 18.2 Å². The van der Waals surface area contributed by atoms with Crippen LogP contribution in [0.15, 0.2) is 24.3 Å². The number of benzene rings is 1. The maximum Gasteiger partial charge on any atom is 0.316 e. The number of amides is 3. The van der Waals surface area contributed by atoms with Crippen molar-refractivity contribution in [3.8, 4) is 0 Å². The molecule has 0 bridgehead atoms. The molecule has 1 fully saturated rings. The first-order valence-corrected chi connectivity index (χ1v) is 8.55. The third-order valence-electron chi connectivity index (χ3n) is 4.68. The van der Waals surface area contributed by atoms with Crippen LogP contribution in [-0.2, 0) is 20.8 Å². The summed E-state index contributed by atoms with van der Waals surface area (Å²) in [5.41, 5.74) is 1.92. The monoisotopic (exact) mass is 329 g/mol. The Morgan fingerprint density at radius 3 is 2.83 bits per heavy atom. The molecule has 0 radical (unpaired) electrons. The van der Waals surface area contributed by atoms with Crippen LogP contribution in [0.3, 0.4) is 0 Å². The van der Waals surface area contributed by atoms with Crippen molar-refractivity contribution in [3.05, 3.63) is 29.8 Å². The first-order valence-electron chi connectivity index (χ1n) is 8.55. The molecule has 1 saturated heterocycles. The van der Waals surface area contributed by atoms with Crippen molar-refractivity contribution in [1.29, 1.82) is 0 Å². The quantitative estimate of drug-likeness (QED) is 0.664. The van der Waals surface area contributed by atoms with Crippen LogP contribution < -0.4 is 10.2 Å². The van der Waals surface area contributed by atoms with Gasteiger partial charge in [-0.3, -0.25) is 14.4 Å². The van der Waals surface area contributed by atoms with E-state index in [1.165, 1.54) is 0 Å². The second-order valence-electron chi connectivity index (χ2n) is 6.45. The third kappa shape index (κ3) is 3.27. The molecule has 1 N–H and O–H groups in total.